The van der Waals surface area contributed by atoms with Gasteiger partial charge in [-0.2, -0.15) is 0 Å². The van der Waals surface area contributed by atoms with E-state index in [4.69, 9.17) is 4.74 Å². The van der Waals surface area contributed by atoms with Crippen molar-refractivity contribution in [2.45, 2.75) is 39.2 Å². The average Bonchev–Trinajstić information content (AvgIpc) is 2.62. The zero-order valence-corrected chi connectivity index (χ0v) is 15.3. The van der Waals surface area contributed by atoms with Crippen molar-refractivity contribution < 1.29 is 4.74 Å². The molecule has 1 fully saturated rings. The molecule has 0 spiro atoms. The molecule has 1 aliphatic rings. The molecule has 2 heterocycles. The number of nitrogens with zero attached hydrogens (tertiary/aromatic N) is 1. The van der Waals surface area contributed by atoms with Gasteiger partial charge in [-0.1, -0.05) is 24.3 Å². The number of aryl methyl sites for hydroxylation is 2. The molecule has 134 valence electrons. The number of pyridine rings is 1. The molecular formula is C21H28N2O2. The van der Waals surface area contributed by atoms with E-state index in [0.29, 0.717) is 5.75 Å². The number of rotatable bonds is 6. The number of likely N-dealkylation sites (tertiary alicyclic amines) is 1. The van der Waals surface area contributed by atoms with Gasteiger partial charge in [0.25, 0.3) is 0 Å². The molecule has 0 amide bonds. The molecule has 0 aliphatic carbocycles. The molecule has 1 aliphatic heterocycles. The van der Waals surface area contributed by atoms with Gasteiger partial charge < -0.3 is 9.72 Å². The maximum Gasteiger partial charge on any atom is 0.223 e. The van der Waals surface area contributed by atoms with Crippen LogP contribution in [0.1, 0.15) is 36.1 Å². The number of piperidine rings is 1. The van der Waals surface area contributed by atoms with Crippen LogP contribution in [0.15, 0.2) is 41.3 Å². The van der Waals surface area contributed by atoms with Gasteiger partial charge in [0.15, 0.2) is 5.75 Å². The fourth-order valence-electron chi connectivity index (χ4n) is 3.77. The molecule has 1 aromatic carbocycles. The lowest BCUT2D eigenvalue weighted by molar-refractivity contribution is 0.160. The quantitative estimate of drug-likeness (QED) is 0.875. The van der Waals surface area contributed by atoms with E-state index in [2.05, 4.69) is 41.1 Å². The Bertz CT molecular complexity index is 754. The van der Waals surface area contributed by atoms with Crippen molar-refractivity contribution in [1.29, 1.82) is 0 Å². The Labute approximate surface area is 149 Å². The van der Waals surface area contributed by atoms with Gasteiger partial charge in [-0.05, 0) is 56.2 Å². The Hall–Kier alpha value is -2.07. The van der Waals surface area contributed by atoms with Gasteiger partial charge in [0.05, 0.1) is 7.11 Å². The molecule has 4 heteroatoms. The topological polar surface area (TPSA) is 45.3 Å². The van der Waals surface area contributed by atoms with E-state index in [0.717, 1.165) is 37.7 Å². The van der Waals surface area contributed by atoms with Crippen molar-refractivity contribution in [3.05, 3.63) is 63.6 Å². The zero-order chi connectivity index (χ0) is 17.6. The first-order chi connectivity index (χ1) is 12.2. The molecule has 0 bridgehead atoms. The Kier molecular flexibility index (Phi) is 5.92. The normalized spacial score (nSPS) is 18.2. The van der Waals surface area contributed by atoms with Crippen LogP contribution in [0.2, 0.25) is 0 Å². The molecule has 1 saturated heterocycles. The summed E-state index contributed by atoms with van der Waals surface area (Å²) in [6.07, 6.45) is 6.60. The van der Waals surface area contributed by atoms with Crippen LogP contribution in [-0.2, 0) is 13.0 Å². The minimum absolute atomic E-state index is 0.0515. The Balaban J connectivity index is 1.55. The Morgan fingerprint density at radius 2 is 2.16 bits per heavy atom. The van der Waals surface area contributed by atoms with Crippen LogP contribution in [-0.4, -0.2) is 30.1 Å². The van der Waals surface area contributed by atoms with Crippen LogP contribution in [0.5, 0.6) is 5.75 Å². The third kappa shape index (κ3) is 4.73. The van der Waals surface area contributed by atoms with E-state index in [1.165, 1.54) is 37.5 Å². The lowest BCUT2D eigenvalue weighted by Gasteiger charge is -2.32. The first-order valence-electron chi connectivity index (χ1n) is 9.18. The highest BCUT2D eigenvalue weighted by molar-refractivity contribution is 5.25. The van der Waals surface area contributed by atoms with Crippen LogP contribution in [0.4, 0.5) is 0 Å². The van der Waals surface area contributed by atoms with E-state index in [9.17, 15) is 4.79 Å². The van der Waals surface area contributed by atoms with Crippen molar-refractivity contribution in [2.24, 2.45) is 5.92 Å². The van der Waals surface area contributed by atoms with Gasteiger partial charge >= 0.3 is 0 Å². The highest BCUT2D eigenvalue weighted by Crippen LogP contribution is 2.23. The number of aromatic nitrogens is 1. The number of aromatic amines is 1. The van der Waals surface area contributed by atoms with E-state index in [-0.39, 0.29) is 5.43 Å². The van der Waals surface area contributed by atoms with Crippen molar-refractivity contribution >= 4 is 0 Å². The summed E-state index contributed by atoms with van der Waals surface area (Å²) in [6.45, 7) is 5.22. The summed E-state index contributed by atoms with van der Waals surface area (Å²) in [5.41, 5.74) is 3.78. The van der Waals surface area contributed by atoms with Crippen LogP contribution >= 0.6 is 0 Å². The van der Waals surface area contributed by atoms with E-state index < -0.39 is 0 Å². The van der Waals surface area contributed by atoms with Gasteiger partial charge in [0.1, 0.15) is 0 Å². The molecule has 1 atom stereocenters. The Morgan fingerprint density at radius 3 is 2.92 bits per heavy atom. The summed E-state index contributed by atoms with van der Waals surface area (Å²) in [5.74, 6) is 1.11. The minimum Gasteiger partial charge on any atom is -0.491 e. The van der Waals surface area contributed by atoms with Crippen LogP contribution in [0.3, 0.4) is 0 Å². The summed E-state index contributed by atoms with van der Waals surface area (Å²) in [5, 5.41) is 0. The number of methoxy groups -OCH3 is 1. The van der Waals surface area contributed by atoms with Gasteiger partial charge in [0.2, 0.25) is 5.43 Å². The van der Waals surface area contributed by atoms with E-state index in [1.54, 1.807) is 12.3 Å². The fourth-order valence-corrected chi connectivity index (χ4v) is 3.77. The van der Waals surface area contributed by atoms with Crippen LogP contribution in [0.25, 0.3) is 0 Å². The van der Waals surface area contributed by atoms with Crippen molar-refractivity contribution in [2.75, 3.05) is 20.2 Å². The van der Waals surface area contributed by atoms with E-state index >= 15 is 0 Å². The molecular weight excluding hydrogens is 312 g/mol. The fraction of sp³-hybridized carbons (Fsp3) is 0.476. The molecule has 0 unspecified atom stereocenters. The second-order valence-electron chi connectivity index (χ2n) is 7.10. The third-order valence-electron chi connectivity index (χ3n) is 5.24. The van der Waals surface area contributed by atoms with Crippen molar-refractivity contribution in [1.82, 2.24) is 9.88 Å². The lowest BCUT2D eigenvalue weighted by Crippen LogP contribution is -2.35. The first kappa shape index (κ1) is 17.7. The molecule has 2 aromatic rings. The van der Waals surface area contributed by atoms with E-state index in [1.807, 2.05) is 0 Å². The van der Waals surface area contributed by atoms with Crippen molar-refractivity contribution in [3.63, 3.8) is 0 Å². The maximum atomic E-state index is 11.9. The summed E-state index contributed by atoms with van der Waals surface area (Å²) >= 11 is 0. The monoisotopic (exact) mass is 340 g/mol. The molecule has 25 heavy (non-hydrogen) atoms. The number of hydrogen-bond acceptors (Lipinski definition) is 3. The summed E-state index contributed by atoms with van der Waals surface area (Å²) < 4.78 is 5.03. The molecule has 0 radical (unpaired) electrons. The van der Waals surface area contributed by atoms with Crippen LogP contribution < -0.4 is 10.2 Å². The predicted molar refractivity (Wildman–Crippen MR) is 101 cm³/mol. The Morgan fingerprint density at radius 1 is 1.32 bits per heavy atom. The van der Waals surface area contributed by atoms with Gasteiger partial charge in [0, 0.05) is 31.0 Å². The average molecular weight is 340 g/mol. The second kappa shape index (κ2) is 8.34. The summed E-state index contributed by atoms with van der Waals surface area (Å²) in [7, 11) is 1.52. The smallest absolute Gasteiger partial charge is 0.223 e. The molecule has 4 nitrogen and oxygen atoms in total. The number of benzene rings is 1. The zero-order valence-electron chi connectivity index (χ0n) is 15.3. The standard InChI is InChI=1S/C21H28N2O2/c1-16-6-3-4-8-18(16)10-9-17-7-5-11-23(14-17)15-19-12-20(24)21(25-2)13-22-19/h3-4,6,8,12-13,17H,5,7,9-11,14-15H2,1-2H3,(H,22,24)/t17-/m0/s1. The maximum absolute atomic E-state index is 11.9. The lowest BCUT2D eigenvalue weighted by atomic mass is 9.90. The summed E-state index contributed by atoms with van der Waals surface area (Å²) in [4.78, 5) is 17.6. The third-order valence-corrected chi connectivity index (χ3v) is 5.24. The van der Waals surface area contributed by atoms with Crippen LogP contribution in [0, 0.1) is 12.8 Å². The highest BCUT2D eigenvalue weighted by Gasteiger charge is 2.20. The van der Waals surface area contributed by atoms with Crippen molar-refractivity contribution in [3.8, 4) is 5.75 Å². The number of hydrogen-bond donors (Lipinski definition) is 1. The number of nitrogens with one attached hydrogen (secondary N) is 1. The number of ether oxygens (including phenoxy) is 1. The second-order valence-corrected chi connectivity index (χ2v) is 7.10. The molecule has 1 N–H and O–H groups in total. The summed E-state index contributed by atoms with van der Waals surface area (Å²) in [6, 6.07) is 10.3. The first-order valence-corrected chi connectivity index (χ1v) is 9.18. The SMILES string of the molecule is COc1c[nH]c(CN2CCC[C@@H](CCc3ccccc3C)C2)cc1=O. The molecule has 3 rings (SSSR count). The van der Waals surface area contributed by atoms with Gasteiger partial charge in [-0.3, -0.25) is 9.69 Å². The minimum atomic E-state index is -0.0515. The largest absolute Gasteiger partial charge is 0.491 e. The highest BCUT2D eigenvalue weighted by atomic mass is 16.5. The van der Waals surface area contributed by atoms with Gasteiger partial charge in [-0.25, -0.2) is 0 Å². The molecule has 0 saturated carbocycles. The predicted octanol–water partition coefficient (Wildman–Crippen LogP) is 3.54. The molecule has 1 aromatic heterocycles. The number of H-pyrrole nitrogens is 1. The van der Waals surface area contributed by atoms with Gasteiger partial charge in [-0.15, -0.1) is 0 Å².